The average Bonchev–Trinajstić information content (AvgIpc) is 2.58. The van der Waals surface area contributed by atoms with Crippen molar-refractivity contribution in [2.45, 2.75) is 17.1 Å². The molecule has 0 N–H and O–H groups in total. The number of sulfone groups is 1. The molecule has 0 aromatic heterocycles. The molecule has 0 spiro atoms. The van der Waals surface area contributed by atoms with Crippen LogP contribution in [-0.2, 0) is 9.84 Å². The van der Waals surface area contributed by atoms with E-state index in [1.165, 1.54) is 0 Å². The van der Waals surface area contributed by atoms with Crippen molar-refractivity contribution in [2.75, 3.05) is 0 Å². The molecule has 0 saturated carbocycles. The molecule has 0 saturated heterocycles. The van der Waals surface area contributed by atoms with Crippen LogP contribution in [0, 0.1) is 6.92 Å². The molecule has 0 aliphatic carbocycles. The first-order valence-corrected chi connectivity index (χ1v) is 9.04. The molecule has 0 heterocycles. The lowest BCUT2D eigenvalue weighted by Crippen LogP contribution is -2.15. The third-order valence-corrected chi connectivity index (χ3v) is 5.96. The lowest BCUT2D eigenvalue weighted by atomic mass is 10.0. The molecule has 1 atom stereocenters. The maximum absolute atomic E-state index is 13.2. The highest BCUT2D eigenvalue weighted by Gasteiger charge is 2.30. The van der Waals surface area contributed by atoms with Crippen LogP contribution in [0.1, 0.15) is 21.9 Å². The Morgan fingerprint density at radius 2 is 1.13 bits per heavy atom. The van der Waals surface area contributed by atoms with Crippen LogP contribution in [0.25, 0.3) is 0 Å². The van der Waals surface area contributed by atoms with E-state index in [9.17, 15) is 8.42 Å². The highest BCUT2D eigenvalue weighted by Crippen LogP contribution is 2.34. The third kappa shape index (κ3) is 3.20. The smallest absolute Gasteiger partial charge is 0.189 e. The lowest BCUT2D eigenvalue weighted by molar-refractivity contribution is 0.589. The molecule has 3 rings (SSSR count). The van der Waals surface area contributed by atoms with Gasteiger partial charge in [0.25, 0.3) is 0 Å². The largest absolute Gasteiger partial charge is 0.223 e. The normalized spacial score (nSPS) is 12.7. The first-order valence-electron chi connectivity index (χ1n) is 7.49. The highest BCUT2D eigenvalue weighted by molar-refractivity contribution is 7.91. The summed E-state index contributed by atoms with van der Waals surface area (Å²) in [7, 11) is -3.52. The molecule has 3 heteroatoms. The van der Waals surface area contributed by atoms with Crippen molar-refractivity contribution < 1.29 is 8.42 Å². The van der Waals surface area contributed by atoms with E-state index in [0.717, 1.165) is 16.7 Å². The number of aryl methyl sites for hydroxylation is 1. The maximum atomic E-state index is 13.2. The minimum absolute atomic E-state index is 0.342. The van der Waals surface area contributed by atoms with Crippen molar-refractivity contribution in [2.24, 2.45) is 0 Å². The molecular formula is C20H18O2S. The zero-order chi connectivity index (χ0) is 16.3. The van der Waals surface area contributed by atoms with Crippen LogP contribution in [0.4, 0.5) is 0 Å². The fourth-order valence-electron chi connectivity index (χ4n) is 2.67. The SMILES string of the molecule is Cc1ccc(C(c2ccccc2)S(=O)(=O)c2ccccc2)cc1. The van der Waals surface area contributed by atoms with E-state index >= 15 is 0 Å². The van der Waals surface area contributed by atoms with Crippen molar-refractivity contribution >= 4 is 9.84 Å². The van der Waals surface area contributed by atoms with Crippen LogP contribution in [0.5, 0.6) is 0 Å². The molecule has 0 bridgehead atoms. The molecule has 116 valence electrons. The fraction of sp³-hybridized carbons (Fsp3) is 0.100. The monoisotopic (exact) mass is 322 g/mol. The van der Waals surface area contributed by atoms with Crippen LogP contribution in [-0.4, -0.2) is 8.42 Å². The van der Waals surface area contributed by atoms with Gasteiger partial charge in [0.05, 0.1) is 4.90 Å². The summed E-state index contributed by atoms with van der Waals surface area (Å²) in [6.45, 7) is 1.99. The van der Waals surface area contributed by atoms with Gasteiger partial charge in [0.2, 0.25) is 0 Å². The molecule has 3 aromatic rings. The van der Waals surface area contributed by atoms with E-state index in [1.54, 1.807) is 24.3 Å². The van der Waals surface area contributed by atoms with Gasteiger partial charge in [0, 0.05) is 0 Å². The summed E-state index contributed by atoms with van der Waals surface area (Å²) in [5.41, 5.74) is 2.67. The lowest BCUT2D eigenvalue weighted by Gasteiger charge is -2.19. The van der Waals surface area contributed by atoms with Gasteiger partial charge in [-0.15, -0.1) is 0 Å². The van der Waals surface area contributed by atoms with Crippen molar-refractivity contribution in [3.05, 3.63) is 102 Å². The Hall–Kier alpha value is -2.39. The molecule has 2 nitrogen and oxygen atoms in total. The first kappa shape index (κ1) is 15.5. The second-order valence-electron chi connectivity index (χ2n) is 5.56. The van der Waals surface area contributed by atoms with E-state index < -0.39 is 15.1 Å². The van der Waals surface area contributed by atoms with Crippen molar-refractivity contribution in [3.63, 3.8) is 0 Å². The van der Waals surface area contributed by atoms with Gasteiger partial charge >= 0.3 is 0 Å². The third-order valence-electron chi connectivity index (χ3n) is 3.86. The van der Waals surface area contributed by atoms with Crippen LogP contribution < -0.4 is 0 Å². The van der Waals surface area contributed by atoms with E-state index in [2.05, 4.69) is 0 Å². The average molecular weight is 322 g/mol. The summed E-state index contributed by atoms with van der Waals surface area (Å²) in [4.78, 5) is 0.342. The summed E-state index contributed by atoms with van der Waals surface area (Å²) in [6, 6.07) is 25.7. The Labute approximate surface area is 137 Å². The molecular weight excluding hydrogens is 304 g/mol. The molecule has 3 aromatic carbocycles. The summed E-state index contributed by atoms with van der Waals surface area (Å²) >= 11 is 0. The predicted octanol–water partition coefficient (Wildman–Crippen LogP) is 4.56. The van der Waals surface area contributed by atoms with Gasteiger partial charge in [-0.1, -0.05) is 78.4 Å². The topological polar surface area (TPSA) is 34.1 Å². The maximum Gasteiger partial charge on any atom is 0.189 e. The van der Waals surface area contributed by atoms with Gasteiger partial charge in [-0.2, -0.15) is 0 Å². The Morgan fingerprint density at radius 1 is 0.652 bits per heavy atom. The zero-order valence-corrected chi connectivity index (χ0v) is 13.7. The van der Waals surface area contributed by atoms with E-state index in [4.69, 9.17) is 0 Å². The van der Waals surface area contributed by atoms with Crippen LogP contribution >= 0.6 is 0 Å². The van der Waals surface area contributed by atoms with Crippen LogP contribution in [0.15, 0.2) is 89.8 Å². The minimum atomic E-state index is -3.52. The van der Waals surface area contributed by atoms with Gasteiger partial charge in [-0.25, -0.2) is 8.42 Å². The molecule has 0 aliphatic heterocycles. The summed E-state index contributed by atoms with van der Waals surface area (Å²) < 4.78 is 26.4. The predicted molar refractivity (Wildman–Crippen MR) is 93.1 cm³/mol. The van der Waals surface area contributed by atoms with Gasteiger partial charge in [-0.05, 0) is 30.2 Å². The minimum Gasteiger partial charge on any atom is -0.223 e. The quantitative estimate of drug-likeness (QED) is 0.706. The standard InChI is InChI=1S/C20H18O2S/c1-16-12-14-18(15-13-16)20(17-8-4-2-5-9-17)23(21,22)19-10-6-3-7-11-19/h2-15,20H,1H3. The van der Waals surface area contributed by atoms with Gasteiger partial charge < -0.3 is 0 Å². The second kappa shape index (κ2) is 6.39. The molecule has 0 aliphatic rings. The van der Waals surface area contributed by atoms with Crippen LogP contribution in [0.3, 0.4) is 0 Å². The molecule has 0 radical (unpaired) electrons. The van der Waals surface area contributed by atoms with Gasteiger partial charge in [0.15, 0.2) is 9.84 Å². The fourth-order valence-corrected chi connectivity index (χ4v) is 4.51. The van der Waals surface area contributed by atoms with E-state index in [-0.39, 0.29) is 0 Å². The Kier molecular flexibility index (Phi) is 4.30. The first-order chi connectivity index (χ1) is 11.1. The zero-order valence-electron chi connectivity index (χ0n) is 12.9. The highest BCUT2D eigenvalue weighted by atomic mass is 32.2. The van der Waals surface area contributed by atoms with Gasteiger partial charge in [0.1, 0.15) is 5.25 Å². The molecule has 1 unspecified atom stereocenters. The summed E-state index contributed by atoms with van der Waals surface area (Å²) in [6.07, 6.45) is 0. The van der Waals surface area contributed by atoms with Crippen LogP contribution in [0.2, 0.25) is 0 Å². The van der Waals surface area contributed by atoms with Crippen molar-refractivity contribution in [1.82, 2.24) is 0 Å². The van der Waals surface area contributed by atoms with Crippen molar-refractivity contribution in [1.29, 1.82) is 0 Å². The number of benzene rings is 3. The number of rotatable bonds is 4. The second-order valence-corrected chi connectivity index (χ2v) is 7.59. The Morgan fingerprint density at radius 3 is 1.70 bits per heavy atom. The number of hydrogen-bond acceptors (Lipinski definition) is 2. The molecule has 0 fully saturated rings. The molecule has 23 heavy (non-hydrogen) atoms. The van der Waals surface area contributed by atoms with Crippen molar-refractivity contribution in [3.8, 4) is 0 Å². The van der Waals surface area contributed by atoms with E-state index in [0.29, 0.717) is 4.90 Å². The Bertz CT molecular complexity index is 868. The summed E-state index contributed by atoms with van der Waals surface area (Å²) in [5.74, 6) is 0. The Balaban J connectivity index is 2.18. The summed E-state index contributed by atoms with van der Waals surface area (Å²) in [5, 5.41) is -0.702. The van der Waals surface area contributed by atoms with Gasteiger partial charge in [-0.3, -0.25) is 0 Å². The number of hydrogen-bond donors (Lipinski definition) is 0. The van der Waals surface area contributed by atoms with E-state index in [1.807, 2.05) is 67.6 Å². The molecule has 0 amide bonds.